The summed E-state index contributed by atoms with van der Waals surface area (Å²) >= 11 is 1.78. The van der Waals surface area contributed by atoms with Crippen LogP contribution in [0.3, 0.4) is 0 Å². The van der Waals surface area contributed by atoms with Gasteiger partial charge in [-0.15, -0.1) is 0 Å². The normalized spacial score (nSPS) is 22.0. The lowest BCUT2D eigenvalue weighted by molar-refractivity contribution is -0.158. The Morgan fingerprint density at radius 1 is 1.25 bits per heavy atom. The molecule has 2 amide bonds. The van der Waals surface area contributed by atoms with Gasteiger partial charge in [-0.25, -0.2) is 0 Å². The third kappa shape index (κ3) is 3.30. The average Bonchev–Trinajstić information content (AvgIpc) is 2.45. The second-order valence-electron chi connectivity index (χ2n) is 5.39. The molecule has 116 valence electrons. The standard InChI is InChI=1S/C15H28N2O2S/c1-5-9-12-13(18)17(10-8-11-20-4)15(6-2,7-3)14(19)16-12/h12H,5-11H2,1-4H3,(H,16,19). The topological polar surface area (TPSA) is 49.4 Å². The molecule has 1 heterocycles. The molecule has 0 spiro atoms. The van der Waals surface area contributed by atoms with Crippen molar-refractivity contribution >= 4 is 23.6 Å². The Kier molecular flexibility index (Phi) is 6.86. The van der Waals surface area contributed by atoms with Crippen LogP contribution in [-0.2, 0) is 9.59 Å². The maximum atomic E-state index is 12.7. The molecule has 0 aromatic heterocycles. The van der Waals surface area contributed by atoms with Crippen LogP contribution >= 0.6 is 11.8 Å². The number of thioether (sulfide) groups is 1. The molecule has 20 heavy (non-hydrogen) atoms. The molecular weight excluding hydrogens is 272 g/mol. The van der Waals surface area contributed by atoms with Crippen molar-refractivity contribution in [1.82, 2.24) is 10.2 Å². The van der Waals surface area contributed by atoms with Crippen LogP contribution in [0.2, 0.25) is 0 Å². The lowest BCUT2D eigenvalue weighted by Gasteiger charge is -2.47. The van der Waals surface area contributed by atoms with Crippen molar-refractivity contribution < 1.29 is 9.59 Å². The summed E-state index contributed by atoms with van der Waals surface area (Å²) in [5.74, 6) is 1.16. The van der Waals surface area contributed by atoms with Crippen molar-refractivity contribution in [1.29, 1.82) is 0 Å². The van der Waals surface area contributed by atoms with E-state index in [2.05, 4.69) is 11.6 Å². The number of carbonyl (C=O) groups excluding carboxylic acids is 2. The van der Waals surface area contributed by atoms with Crippen molar-refractivity contribution in [3.05, 3.63) is 0 Å². The molecular formula is C15H28N2O2S. The first kappa shape index (κ1) is 17.3. The lowest BCUT2D eigenvalue weighted by atomic mass is 9.85. The Hall–Kier alpha value is -0.710. The lowest BCUT2D eigenvalue weighted by Crippen LogP contribution is -2.70. The highest BCUT2D eigenvalue weighted by molar-refractivity contribution is 7.98. The van der Waals surface area contributed by atoms with Crippen LogP contribution in [0.1, 0.15) is 52.9 Å². The van der Waals surface area contributed by atoms with Gasteiger partial charge in [-0.2, -0.15) is 11.8 Å². The van der Waals surface area contributed by atoms with Crippen LogP contribution in [0.5, 0.6) is 0 Å². The van der Waals surface area contributed by atoms with Gasteiger partial charge in [0.05, 0.1) is 0 Å². The van der Waals surface area contributed by atoms with Gasteiger partial charge < -0.3 is 10.2 Å². The van der Waals surface area contributed by atoms with Gasteiger partial charge in [0.25, 0.3) is 0 Å². The Bertz CT molecular complexity index is 343. The van der Waals surface area contributed by atoms with Gasteiger partial charge in [-0.05, 0) is 37.7 Å². The zero-order valence-corrected chi connectivity index (χ0v) is 14.0. The molecule has 1 unspecified atom stereocenters. The van der Waals surface area contributed by atoms with Crippen LogP contribution in [-0.4, -0.2) is 46.8 Å². The van der Waals surface area contributed by atoms with Gasteiger partial charge in [0, 0.05) is 6.54 Å². The third-order valence-corrected chi connectivity index (χ3v) is 4.98. The molecule has 1 fully saturated rings. The summed E-state index contributed by atoms with van der Waals surface area (Å²) in [6.07, 6.45) is 6.00. The molecule has 1 aliphatic heterocycles. The first-order valence-electron chi connectivity index (χ1n) is 7.68. The van der Waals surface area contributed by atoms with Crippen LogP contribution in [0, 0.1) is 0 Å². The molecule has 0 bridgehead atoms. The number of carbonyl (C=O) groups is 2. The quantitative estimate of drug-likeness (QED) is 0.700. The van der Waals surface area contributed by atoms with Crippen molar-refractivity contribution in [3.8, 4) is 0 Å². The molecule has 4 nitrogen and oxygen atoms in total. The first-order chi connectivity index (χ1) is 9.57. The van der Waals surface area contributed by atoms with E-state index in [1.54, 1.807) is 11.8 Å². The van der Waals surface area contributed by atoms with E-state index in [4.69, 9.17) is 0 Å². The molecule has 1 saturated heterocycles. The number of piperazine rings is 1. The SMILES string of the molecule is CCCC1NC(=O)C(CC)(CC)N(CCCSC)C1=O. The summed E-state index contributed by atoms with van der Waals surface area (Å²) < 4.78 is 0. The summed E-state index contributed by atoms with van der Waals surface area (Å²) in [5, 5.41) is 2.94. The van der Waals surface area contributed by atoms with Gasteiger partial charge in [0.15, 0.2) is 0 Å². The average molecular weight is 300 g/mol. The highest BCUT2D eigenvalue weighted by Gasteiger charge is 2.49. The predicted molar refractivity (Wildman–Crippen MR) is 84.9 cm³/mol. The number of amides is 2. The van der Waals surface area contributed by atoms with Crippen LogP contribution < -0.4 is 5.32 Å². The summed E-state index contributed by atoms with van der Waals surface area (Å²) in [6.45, 7) is 6.73. The van der Waals surface area contributed by atoms with E-state index < -0.39 is 5.54 Å². The second kappa shape index (κ2) is 7.91. The number of hydrogen-bond acceptors (Lipinski definition) is 3. The van der Waals surface area contributed by atoms with E-state index in [9.17, 15) is 9.59 Å². The molecule has 1 atom stereocenters. The Labute approximate surface area is 127 Å². The van der Waals surface area contributed by atoms with Crippen molar-refractivity contribution in [2.45, 2.75) is 64.5 Å². The minimum Gasteiger partial charge on any atom is -0.342 e. The van der Waals surface area contributed by atoms with Gasteiger partial charge in [-0.3, -0.25) is 9.59 Å². The molecule has 1 N–H and O–H groups in total. The van der Waals surface area contributed by atoms with E-state index >= 15 is 0 Å². The summed E-state index contributed by atoms with van der Waals surface area (Å²) in [5.41, 5.74) is -0.639. The van der Waals surface area contributed by atoms with Crippen LogP contribution in [0.15, 0.2) is 0 Å². The second-order valence-corrected chi connectivity index (χ2v) is 6.38. The van der Waals surface area contributed by atoms with Gasteiger partial charge in [0.2, 0.25) is 11.8 Å². The van der Waals surface area contributed by atoms with Gasteiger partial charge in [0.1, 0.15) is 11.6 Å². The molecule has 1 aliphatic rings. The van der Waals surface area contributed by atoms with E-state index in [-0.39, 0.29) is 17.9 Å². The van der Waals surface area contributed by atoms with E-state index in [1.807, 2.05) is 25.7 Å². The van der Waals surface area contributed by atoms with E-state index in [0.29, 0.717) is 19.4 Å². The van der Waals surface area contributed by atoms with Gasteiger partial charge >= 0.3 is 0 Å². The van der Waals surface area contributed by atoms with Crippen molar-refractivity contribution in [2.75, 3.05) is 18.6 Å². The highest BCUT2D eigenvalue weighted by Crippen LogP contribution is 2.30. The van der Waals surface area contributed by atoms with Crippen molar-refractivity contribution in [3.63, 3.8) is 0 Å². The summed E-state index contributed by atoms with van der Waals surface area (Å²) in [7, 11) is 0. The number of rotatable bonds is 8. The molecule has 0 aromatic carbocycles. The fourth-order valence-corrected chi connectivity index (χ4v) is 3.42. The molecule has 5 heteroatoms. The Balaban J connectivity index is 2.97. The third-order valence-electron chi connectivity index (χ3n) is 4.29. The minimum absolute atomic E-state index is 0.0321. The van der Waals surface area contributed by atoms with E-state index in [0.717, 1.165) is 25.0 Å². The monoisotopic (exact) mass is 300 g/mol. The van der Waals surface area contributed by atoms with Crippen LogP contribution in [0.4, 0.5) is 0 Å². The smallest absolute Gasteiger partial charge is 0.246 e. The maximum Gasteiger partial charge on any atom is 0.246 e. The zero-order valence-electron chi connectivity index (χ0n) is 13.2. The van der Waals surface area contributed by atoms with Gasteiger partial charge in [-0.1, -0.05) is 27.2 Å². The first-order valence-corrected chi connectivity index (χ1v) is 9.08. The highest BCUT2D eigenvalue weighted by atomic mass is 32.2. The zero-order chi connectivity index (χ0) is 15.2. The molecule has 0 saturated carbocycles. The number of nitrogens with one attached hydrogen (secondary N) is 1. The Morgan fingerprint density at radius 3 is 2.40 bits per heavy atom. The largest absolute Gasteiger partial charge is 0.342 e. The minimum atomic E-state index is -0.639. The summed E-state index contributed by atoms with van der Waals surface area (Å²) in [6, 6.07) is -0.326. The van der Waals surface area contributed by atoms with Crippen LogP contribution in [0.25, 0.3) is 0 Å². The molecule has 0 radical (unpaired) electrons. The Morgan fingerprint density at radius 2 is 1.90 bits per heavy atom. The number of hydrogen-bond donors (Lipinski definition) is 1. The van der Waals surface area contributed by atoms with E-state index in [1.165, 1.54) is 0 Å². The summed E-state index contributed by atoms with van der Waals surface area (Å²) in [4.78, 5) is 27.1. The predicted octanol–water partition coefficient (Wildman–Crippen LogP) is 2.43. The fraction of sp³-hybridized carbons (Fsp3) is 0.867. The fourth-order valence-electron chi connectivity index (χ4n) is 3.00. The number of nitrogens with zero attached hydrogens (tertiary/aromatic N) is 1. The molecule has 0 aromatic rings. The molecule has 0 aliphatic carbocycles. The maximum absolute atomic E-state index is 12.7. The molecule has 1 rings (SSSR count). The van der Waals surface area contributed by atoms with Crippen molar-refractivity contribution in [2.24, 2.45) is 0 Å².